The van der Waals surface area contributed by atoms with Gasteiger partial charge in [-0.2, -0.15) is 8.78 Å². The standard InChI is InChI=1S/C24H18ClF2N3O/c1-14-6-8-15(9-7-14)19-13-21(17-12-16(25)10-11-22(17)31-23(26)27)30-20-5-3-2-4-18(20)28-24(30)29-19/h2-13,21,23H,1H3,(H,28,29)/t21-/m0/s1. The molecular formula is C24H18ClF2N3O. The van der Waals surface area contributed by atoms with E-state index in [2.05, 4.69) is 5.32 Å². The van der Waals surface area contributed by atoms with Crippen molar-refractivity contribution in [2.75, 3.05) is 5.32 Å². The average molecular weight is 438 g/mol. The molecule has 0 saturated heterocycles. The molecule has 4 nitrogen and oxygen atoms in total. The Morgan fingerprint density at radius 1 is 1.06 bits per heavy atom. The van der Waals surface area contributed by atoms with Gasteiger partial charge in [-0.05, 0) is 48.9 Å². The van der Waals surface area contributed by atoms with Crippen molar-refractivity contribution in [3.05, 3.63) is 94.5 Å². The van der Waals surface area contributed by atoms with Gasteiger partial charge in [0.15, 0.2) is 0 Å². The molecule has 0 bridgehead atoms. The lowest BCUT2D eigenvalue weighted by Gasteiger charge is -2.28. The Balaban J connectivity index is 1.74. The fourth-order valence-corrected chi connectivity index (χ4v) is 4.07. The molecule has 0 radical (unpaired) electrons. The van der Waals surface area contributed by atoms with Gasteiger partial charge < -0.3 is 10.1 Å². The summed E-state index contributed by atoms with van der Waals surface area (Å²) in [6.07, 6.45) is 1.98. The molecule has 1 N–H and O–H groups in total. The normalized spacial score (nSPS) is 15.5. The van der Waals surface area contributed by atoms with Crippen LogP contribution in [-0.2, 0) is 0 Å². The third kappa shape index (κ3) is 3.64. The summed E-state index contributed by atoms with van der Waals surface area (Å²) in [5, 5.41) is 3.82. The van der Waals surface area contributed by atoms with Crippen molar-refractivity contribution < 1.29 is 13.5 Å². The van der Waals surface area contributed by atoms with Crippen LogP contribution in [-0.4, -0.2) is 16.2 Å². The molecule has 0 fully saturated rings. The third-order valence-electron chi connectivity index (χ3n) is 5.31. The summed E-state index contributed by atoms with van der Waals surface area (Å²) < 4.78 is 33.1. The summed E-state index contributed by atoms with van der Waals surface area (Å²) in [6, 6.07) is 20.0. The van der Waals surface area contributed by atoms with Gasteiger partial charge in [0.25, 0.3) is 0 Å². The van der Waals surface area contributed by atoms with Gasteiger partial charge in [-0.25, -0.2) is 4.98 Å². The second-order valence-corrected chi connectivity index (χ2v) is 7.81. The fourth-order valence-electron chi connectivity index (χ4n) is 3.89. The van der Waals surface area contributed by atoms with Crippen molar-refractivity contribution in [3.63, 3.8) is 0 Å². The molecule has 5 rings (SSSR count). The first kappa shape index (κ1) is 19.6. The van der Waals surface area contributed by atoms with Crippen LogP contribution in [0.15, 0.2) is 72.8 Å². The predicted octanol–water partition coefficient (Wildman–Crippen LogP) is 6.66. The highest BCUT2D eigenvalue weighted by Gasteiger charge is 2.28. The molecule has 0 amide bonds. The Morgan fingerprint density at radius 3 is 2.61 bits per heavy atom. The number of rotatable bonds is 4. The molecule has 1 atom stereocenters. The molecule has 0 saturated carbocycles. The van der Waals surface area contributed by atoms with Gasteiger partial charge >= 0.3 is 6.61 Å². The van der Waals surface area contributed by atoms with Gasteiger partial charge in [-0.15, -0.1) is 0 Å². The van der Waals surface area contributed by atoms with E-state index in [0.717, 1.165) is 27.9 Å². The minimum absolute atomic E-state index is 0.0783. The molecule has 156 valence electrons. The number of ether oxygens (including phenoxy) is 1. The van der Waals surface area contributed by atoms with Crippen LogP contribution < -0.4 is 10.1 Å². The molecule has 3 aromatic carbocycles. The molecule has 0 unspecified atom stereocenters. The van der Waals surface area contributed by atoms with Crippen LogP contribution in [0.25, 0.3) is 16.7 Å². The number of halogens is 3. The average Bonchev–Trinajstić information content (AvgIpc) is 3.13. The van der Waals surface area contributed by atoms with Crippen molar-refractivity contribution >= 4 is 34.3 Å². The number of anilines is 1. The quantitative estimate of drug-likeness (QED) is 0.388. The molecule has 1 aromatic heterocycles. The minimum atomic E-state index is -2.94. The molecule has 0 aliphatic carbocycles. The maximum absolute atomic E-state index is 13.1. The first-order valence-corrected chi connectivity index (χ1v) is 10.1. The predicted molar refractivity (Wildman–Crippen MR) is 119 cm³/mol. The van der Waals surface area contributed by atoms with Crippen molar-refractivity contribution in [3.8, 4) is 5.75 Å². The highest BCUT2D eigenvalue weighted by atomic mass is 35.5. The first-order valence-electron chi connectivity index (χ1n) is 9.77. The highest BCUT2D eigenvalue weighted by Crippen LogP contribution is 2.41. The van der Waals surface area contributed by atoms with E-state index in [1.165, 1.54) is 6.07 Å². The van der Waals surface area contributed by atoms with E-state index < -0.39 is 12.7 Å². The van der Waals surface area contributed by atoms with Crippen molar-refractivity contribution in [2.24, 2.45) is 0 Å². The largest absolute Gasteiger partial charge is 0.434 e. The van der Waals surface area contributed by atoms with Crippen molar-refractivity contribution in [1.82, 2.24) is 9.55 Å². The molecule has 4 aromatic rings. The van der Waals surface area contributed by atoms with E-state index in [4.69, 9.17) is 21.3 Å². The maximum Gasteiger partial charge on any atom is 0.387 e. The Hall–Kier alpha value is -3.38. The molecule has 2 heterocycles. The zero-order valence-electron chi connectivity index (χ0n) is 16.5. The summed E-state index contributed by atoms with van der Waals surface area (Å²) in [7, 11) is 0. The maximum atomic E-state index is 13.1. The Kier molecular flexibility index (Phi) is 4.87. The summed E-state index contributed by atoms with van der Waals surface area (Å²) in [5.41, 5.74) is 5.14. The van der Waals surface area contributed by atoms with Crippen LogP contribution in [0.2, 0.25) is 5.02 Å². The van der Waals surface area contributed by atoms with Gasteiger partial charge in [-0.3, -0.25) is 4.57 Å². The lowest BCUT2D eigenvalue weighted by Crippen LogP contribution is -2.20. The topological polar surface area (TPSA) is 39.1 Å². The Bertz CT molecular complexity index is 1300. The van der Waals surface area contributed by atoms with Crippen LogP contribution in [0.5, 0.6) is 5.75 Å². The van der Waals surface area contributed by atoms with Gasteiger partial charge in [0.05, 0.1) is 17.1 Å². The van der Waals surface area contributed by atoms with Gasteiger partial charge in [0.1, 0.15) is 5.75 Å². The summed E-state index contributed by atoms with van der Waals surface area (Å²) >= 11 is 6.26. The zero-order valence-corrected chi connectivity index (χ0v) is 17.3. The van der Waals surface area contributed by atoms with E-state index in [9.17, 15) is 8.78 Å². The molecule has 1 aliphatic rings. The lowest BCUT2D eigenvalue weighted by molar-refractivity contribution is -0.0505. The van der Waals surface area contributed by atoms with E-state index in [1.54, 1.807) is 12.1 Å². The Labute approximate surface area is 182 Å². The van der Waals surface area contributed by atoms with E-state index in [1.807, 2.05) is 66.1 Å². The second kappa shape index (κ2) is 7.71. The van der Waals surface area contributed by atoms with Gasteiger partial charge in [-0.1, -0.05) is 53.6 Å². The number of alkyl halides is 2. The number of hydrogen-bond donors (Lipinski definition) is 1. The molecular weight excluding hydrogens is 420 g/mol. The number of imidazole rings is 1. The number of aromatic nitrogens is 2. The van der Waals surface area contributed by atoms with Crippen LogP contribution in [0.1, 0.15) is 22.7 Å². The number of para-hydroxylation sites is 2. The second-order valence-electron chi connectivity index (χ2n) is 7.37. The summed E-state index contributed by atoms with van der Waals surface area (Å²) in [6.45, 7) is -0.921. The van der Waals surface area contributed by atoms with Crippen LogP contribution in [0.4, 0.5) is 14.7 Å². The molecule has 7 heteroatoms. The monoisotopic (exact) mass is 437 g/mol. The summed E-state index contributed by atoms with van der Waals surface area (Å²) in [4.78, 5) is 4.72. The van der Waals surface area contributed by atoms with Gasteiger partial charge in [0, 0.05) is 16.3 Å². The zero-order chi connectivity index (χ0) is 21.5. The Morgan fingerprint density at radius 2 is 1.84 bits per heavy atom. The van der Waals surface area contributed by atoms with Crippen molar-refractivity contribution in [2.45, 2.75) is 19.6 Å². The van der Waals surface area contributed by atoms with E-state index in [-0.39, 0.29) is 5.75 Å². The first-order chi connectivity index (χ1) is 15.0. The fraction of sp³-hybridized carbons (Fsp3) is 0.125. The molecule has 0 spiro atoms. The molecule has 1 aliphatic heterocycles. The van der Waals surface area contributed by atoms with E-state index in [0.29, 0.717) is 16.5 Å². The van der Waals surface area contributed by atoms with E-state index >= 15 is 0 Å². The highest BCUT2D eigenvalue weighted by molar-refractivity contribution is 6.30. The number of hydrogen-bond acceptors (Lipinski definition) is 3. The van der Waals surface area contributed by atoms with Crippen LogP contribution in [0.3, 0.4) is 0 Å². The SMILES string of the molecule is Cc1ccc(C2=C[C@@H](c3cc(Cl)ccc3OC(F)F)n3c(nc4ccccc43)N2)cc1. The number of allylic oxidation sites excluding steroid dienone is 1. The number of nitrogens with one attached hydrogen (secondary N) is 1. The smallest absolute Gasteiger partial charge is 0.387 e. The number of nitrogens with zero attached hydrogens (tertiary/aromatic N) is 2. The van der Waals surface area contributed by atoms with Gasteiger partial charge in [0.2, 0.25) is 5.95 Å². The number of benzene rings is 3. The number of aryl methyl sites for hydroxylation is 1. The third-order valence-corrected chi connectivity index (χ3v) is 5.55. The van der Waals surface area contributed by atoms with Crippen molar-refractivity contribution in [1.29, 1.82) is 0 Å². The number of fused-ring (bicyclic) bond motifs is 3. The lowest BCUT2D eigenvalue weighted by atomic mass is 9.99. The molecule has 31 heavy (non-hydrogen) atoms. The summed E-state index contributed by atoms with van der Waals surface area (Å²) in [5.74, 6) is 0.696. The van der Waals surface area contributed by atoms with Crippen LogP contribution in [0, 0.1) is 6.92 Å². The minimum Gasteiger partial charge on any atom is -0.434 e. The van der Waals surface area contributed by atoms with Crippen LogP contribution >= 0.6 is 11.6 Å².